The lowest BCUT2D eigenvalue weighted by atomic mass is 10.2. The first-order valence-corrected chi connectivity index (χ1v) is 6.05. The van der Waals surface area contributed by atoms with Gasteiger partial charge in [0.1, 0.15) is 11.6 Å². The van der Waals surface area contributed by atoms with E-state index in [9.17, 15) is 4.39 Å². The maximum atomic E-state index is 14.2. The Bertz CT molecular complexity index is 858. The maximum Gasteiger partial charge on any atom is 0.148 e. The zero-order valence-corrected chi connectivity index (χ0v) is 10.8. The van der Waals surface area contributed by atoms with Gasteiger partial charge in [0.2, 0.25) is 0 Å². The minimum Gasteiger partial charge on any atom is -0.399 e. The van der Waals surface area contributed by atoms with Crippen LogP contribution < -0.4 is 5.73 Å². The Balaban J connectivity index is 2.30. The molecule has 0 aliphatic rings. The zero-order valence-electron chi connectivity index (χ0n) is 10.8. The zero-order chi connectivity index (χ0) is 14.3. The van der Waals surface area contributed by atoms with Gasteiger partial charge in [0.25, 0.3) is 0 Å². The topological polar surface area (TPSA) is 67.6 Å². The summed E-state index contributed by atoms with van der Waals surface area (Å²) in [7, 11) is 0. The van der Waals surface area contributed by atoms with Crippen molar-refractivity contribution < 1.29 is 4.39 Å². The number of hydrogen-bond donors (Lipinski definition) is 1. The molecule has 0 bridgehead atoms. The molecule has 2 N–H and O–H groups in total. The smallest absolute Gasteiger partial charge is 0.148 e. The SMILES string of the molecule is Cc1nc2cc(N)ccc2n1-c1ccc(C#N)cc1F. The molecule has 0 radical (unpaired) electrons. The van der Waals surface area contributed by atoms with Crippen molar-refractivity contribution >= 4 is 16.7 Å². The average Bonchev–Trinajstić information content (AvgIpc) is 2.73. The van der Waals surface area contributed by atoms with E-state index in [1.165, 1.54) is 6.07 Å². The second-order valence-electron chi connectivity index (χ2n) is 4.52. The molecule has 4 nitrogen and oxygen atoms in total. The first-order valence-electron chi connectivity index (χ1n) is 6.05. The number of nitriles is 1. The molecule has 3 rings (SSSR count). The van der Waals surface area contributed by atoms with Crippen molar-refractivity contribution in [1.29, 1.82) is 5.26 Å². The Morgan fingerprint density at radius 2 is 2.05 bits per heavy atom. The summed E-state index contributed by atoms with van der Waals surface area (Å²) in [4.78, 5) is 4.39. The molecule has 0 spiro atoms. The Morgan fingerprint density at radius 3 is 2.75 bits per heavy atom. The summed E-state index contributed by atoms with van der Waals surface area (Å²) in [6.45, 7) is 1.80. The van der Waals surface area contributed by atoms with Crippen LogP contribution in [0.15, 0.2) is 36.4 Å². The minimum absolute atomic E-state index is 0.289. The molecule has 2 aromatic carbocycles. The summed E-state index contributed by atoms with van der Waals surface area (Å²) >= 11 is 0. The van der Waals surface area contributed by atoms with Gasteiger partial charge in [0.15, 0.2) is 0 Å². The van der Waals surface area contributed by atoms with E-state index in [1.54, 1.807) is 35.8 Å². The van der Waals surface area contributed by atoms with Crippen LogP contribution in [0.4, 0.5) is 10.1 Å². The Kier molecular flexibility index (Phi) is 2.65. The minimum atomic E-state index is -0.455. The van der Waals surface area contributed by atoms with Gasteiger partial charge in [0.05, 0.1) is 28.4 Å². The third-order valence-corrected chi connectivity index (χ3v) is 3.16. The van der Waals surface area contributed by atoms with E-state index in [0.717, 1.165) is 5.52 Å². The monoisotopic (exact) mass is 266 g/mol. The van der Waals surface area contributed by atoms with Gasteiger partial charge in [-0.25, -0.2) is 9.37 Å². The molecular weight excluding hydrogens is 255 g/mol. The van der Waals surface area contributed by atoms with Gasteiger partial charge in [-0.3, -0.25) is 4.57 Å². The van der Waals surface area contributed by atoms with Crippen LogP contribution in [0, 0.1) is 24.1 Å². The summed E-state index contributed by atoms with van der Waals surface area (Å²) in [6.07, 6.45) is 0. The highest BCUT2D eigenvalue weighted by molar-refractivity contribution is 5.81. The molecule has 0 fully saturated rings. The lowest BCUT2D eigenvalue weighted by Crippen LogP contribution is -2.00. The number of nitrogens with zero attached hydrogens (tertiary/aromatic N) is 3. The second-order valence-corrected chi connectivity index (χ2v) is 4.52. The van der Waals surface area contributed by atoms with E-state index in [2.05, 4.69) is 4.98 Å². The largest absolute Gasteiger partial charge is 0.399 e. The van der Waals surface area contributed by atoms with E-state index in [4.69, 9.17) is 11.0 Å². The lowest BCUT2D eigenvalue weighted by Gasteiger charge is -2.08. The molecule has 0 saturated heterocycles. The van der Waals surface area contributed by atoms with Gasteiger partial charge in [-0.05, 0) is 43.3 Å². The van der Waals surface area contributed by atoms with Crippen LogP contribution in [0.2, 0.25) is 0 Å². The quantitative estimate of drug-likeness (QED) is 0.688. The summed E-state index contributed by atoms with van der Waals surface area (Å²) in [5, 5.41) is 8.79. The first-order chi connectivity index (χ1) is 9.60. The average molecular weight is 266 g/mol. The van der Waals surface area contributed by atoms with Crippen LogP contribution in [-0.4, -0.2) is 9.55 Å². The third kappa shape index (κ3) is 1.79. The standard InChI is InChI=1S/C15H11FN4/c1-9-19-13-7-11(18)3-5-15(13)20(9)14-4-2-10(8-17)6-12(14)16/h2-7H,18H2,1H3. The number of aromatic nitrogens is 2. The number of benzene rings is 2. The number of fused-ring (bicyclic) bond motifs is 1. The van der Waals surface area contributed by atoms with Crippen LogP contribution in [0.5, 0.6) is 0 Å². The second kappa shape index (κ2) is 4.35. The summed E-state index contributed by atoms with van der Waals surface area (Å²) in [6, 6.07) is 11.6. The van der Waals surface area contributed by atoms with Crippen molar-refractivity contribution in [3.05, 3.63) is 53.6 Å². The summed E-state index contributed by atoms with van der Waals surface area (Å²) in [5.74, 6) is 0.206. The van der Waals surface area contributed by atoms with E-state index in [0.29, 0.717) is 22.7 Å². The number of rotatable bonds is 1. The first kappa shape index (κ1) is 12.2. The van der Waals surface area contributed by atoms with Gasteiger partial charge in [-0.2, -0.15) is 5.26 Å². The van der Waals surface area contributed by atoms with Crippen LogP contribution in [-0.2, 0) is 0 Å². The molecular formula is C15H11FN4. The van der Waals surface area contributed by atoms with E-state index < -0.39 is 5.82 Å². The highest BCUT2D eigenvalue weighted by atomic mass is 19.1. The molecule has 0 amide bonds. The Hall–Kier alpha value is -2.87. The molecule has 0 unspecified atom stereocenters. The van der Waals surface area contributed by atoms with E-state index in [1.807, 2.05) is 12.1 Å². The molecule has 1 aromatic heterocycles. The normalized spacial score (nSPS) is 10.7. The van der Waals surface area contributed by atoms with Crippen molar-refractivity contribution in [2.75, 3.05) is 5.73 Å². The third-order valence-electron chi connectivity index (χ3n) is 3.16. The highest BCUT2D eigenvalue weighted by Crippen LogP contribution is 2.25. The van der Waals surface area contributed by atoms with Crippen molar-refractivity contribution in [2.24, 2.45) is 0 Å². The molecule has 0 atom stereocenters. The molecule has 0 saturated carbocycles. The van der Waals surface area contributed by atoms with E-state index in [-0.39, 0.29) is 5.56 Å². The van der Waals surface area contributed by atoms with Crippen molar-refractivity contribution in [1.82, 2.24) is 9.55 Å². The number of halogens is 1. The molecule has 3 aromatic rings. The maximum absolute atomic E-state index is 14.2. The molecule has 1 heterocycles. The predicted octanol–water partition coefficient (Wildman–Crippen LogP) is 2.93. The Morgan fingerprint density at radius 1 is 1.25 bits per heavy atom. The van der Waals surface area contributed by atoms with Crippen molar-refractivity contribution in [3.63, 3.8) is 0 Å². The molecule has 0 aliphatic heterocycles. The van der Waals surface area contributed by atoms with Crippen LogP contribution >= 0.6 is 0 Å². The summed E-state index contributed by atoms with van der Waals surface area (Å²) < 4.78 is 15.9. The number of nitrogens with two attached hydrogens (primary N) is 1. The van der Waals surface area contributed by atoms with Gasteiger partial charge in [0, 0.05) is 5.69 Å². The van der Waals surface area contributed by atoms with Crippen LogP contribution in [0.3, 0.4) is 0 Å². The number of nitrogen functional groups attached to an aromatic ring is 1. The lowest BCUT2D eigenvalue weighted by molar-refractivity contribution is 0.617. The van der Waals surface area contributed by atoms with Crippen molar-refractivity contribution in [2.45, 2.75) is 6.92 Å². The van der Waals surface area contributed by atoms with Crippen molar-refractivity contribution in [3.8, 4) is 11.8 Å². The number of anilines is 1. The van der Waals surface area contributed by atoms with Crippen LogP contribution in [0.25, 0.3) is 16.7 Å². The molecule has 20 heavy (non-hydrogen) atoms. The highest BCUT2D eigenvalue weighted by Gasteiger charge is 2.13. The molecule has 5 heteroatoms. The van der Waals surface area contributed by atoms with E-state index >= 15 is 0 Å². The van der Waals surface area contributed by atoms with Gasteiger partial charge >= 0.3 is 0 Å². The fourth-order valence-corrected chi connectivity index (χ4v) is 2.28. The molecule has 98 valence electrons. The summed E-state index contributed by atoms with van der Waals surface area (Å²) in [5.41, 5.74) is 8.49. The fraction of sp³-hybridized carbons (Fsp3) is 0.0667. The molecule has 0 aliphatic carbocycles. The predicted molar refractivity (Wildman–Crippen MR) is 74.9 cm³/mol. The Labute approximate surface area is 114 Å². The number of imidazole rings is 1. The fourth-order valence-electron chi connectivity index (χ4n) is 2.28. The van der Waals surface area contributed by atoms with Crippen LogP contribution in [0.1, 0.15) is 11.4 Å². The van der Waals surface area contributed by atoms with Gasteiger partial charge in [-0.15, -0.1) is 0 Å². The number of hydrogen-bond acceptors (Lipinski definition) is 3. The van der Waals surface area contributed by atoms with Gasteiger partial charge in [-0.1, -0.05) is 0 Å². The van der Waals surface area contributed by atoms with Gasteiger partial charge < -0.3 is 5.73 Å². The number of aryl methyl sites for hydroxylation is 1.